The topological polar surface area (TPSA) is 80.7 Å². The smallest absolute Gasteiger partial charge is 0.321 e. The third kappa shape index (κ3) is 2.24. The molecule has 0 aromatic rings. The highest BCUT2D eigenvalue weighted by molar-refractivity contribution is 7.93. The van der Waals surface area contributed by atoms with Gasteiger partial charge in [-0.2, -0.15) is 0 Å². The fourth-order valence-electron chi connectivity index (χ4n) is 1.40. The van der Waals surface area contributed by atoms with Crippen LogP contribution >= 0.6 is 0 Å². The van der Waals surface area contributed by atoms with Gasteiger partial charge >= 0.3 is 5.97 Å². The van der Waals surface area contributed by atoms with E-state index >= 15 is 0 Å². The van der Waals surface area contributed by atoms with Gasteiger partial charge in [0.2, 0.25) is 0 Å². The van der Waals surface area contributed by atoms with Crippen LogP contribution in [0.15, 0.2) is 0 Å². The summed E-state index contributed by atoms with van der Waals surface area (Å²) in [6.07, 6.45) is 1.18. The zero-order valence-corrected chi connectivity index (χ0v) is 8.79. The van der Waals surface area contributed by atoms with Crippen molar-refractivity contribution in [1.29, 1.82) is 0 Å². The Balaban J connectivity index is 2.78. The van der Waals surface area contributed by atoms with Gasteiger partial charge in [0.25, 0.3) is 0 Å². The van der Waals surface area contributed by atoms with Gasteiger partial charge in [-0.15, -0.1) is 0 Å². The Hall–Kier alpha value is -0.620. The number of carboxylic acids is 1. The van der Waals surface area contributed by atoms with E-state index in [4.69, 9.17) is 9.84 Å². The summed E-state index contributed by atoms with van der Waals surface area (Å²) in [4.78, 5) is 10.6. The van der Waals surface area contributed by atoms with Crippen LogP contribution in [0.5, 0.6) is 0 Å². The monoisotopic (exact) mass is 222 g/mol. The molecule has 2 unspecified atom stereocenters. The minimum Gasteiger partial charge on any atom is -0.480 e. The third-order valence-electron chi connectivity index (χ3n) is 2.42. The van der Waals surface area contributed by atoms with Crippen LogP contribution in [0.1, 0.15) is 19.8 Å². The number of rotatable bonds is 3. The predicted molar refractivity (Wildman–Crippen MR) is 49.9 cm³/mol. The van der Waals surface area contributed by atoms with E-state index in [0.717, 1.165) is 0 Å². The molecule has 1 heterocycles. The second-order valence-electron chi connectivity index (χ2n) is 3.41. The van der Waals surface area contributed by atoms with Crippen LogP contribution in [0.2, 0.25) is 0 Å². The van der Waals surface area contributed by atoms with Crippen LogP contribution in [0.4, 0.5) is 0 Å². The van der Waals surface area contributed by atoms with Gasteiger partial charge in [-0.25, -0.2) is 8.42 Å². The van der Waals surface area contributed by atoms with Crippen molar-refractivity contribution < 1.29 is 23.1 Å². The van der Waals surface area contributed by atoms with Crippen molar-refractivity contribution in [2.45, 2.75) is 30.3 Å². The number of carbonyl (C=O) groups is 1. The standard InChI is InChI=1S/C8H14O5S/c1-6(8(9)10)14(11,12)7-3-2-4-13-5-7/h6-7H,2-5H2,1H3,(H,9,10). The predicted octanol–water partition coefficient (Wildman–Crippen LogP) is 0.0533. The Morgan fingerprint density at radius 3 is 2.64 bits per heavy atom. The lowest BCUT2D eigenvalue weighted by molar-refractivity contribution is -0.136. The Morgan fingerprint density at radius 1 is 1.57 bits per heavy atom. The lowest BCUT2D eigenvalue weighted by atomic mass is 10.2. The molecule has 82 valence electrons. The molecule has 0 saturated carbocycles. The van der Waals surface area contributed by atoms with Crippen LogP contribution < -0.4 is 0 Å². The van der Waals surface area contributed by atoms with Crippen LogP contribution in [-0.2, 0) is 19.4 Å². The first-order valence-electron chi connectivity index (χ1n) is 4.49. The fourth-order valence-corrected chi connectivity index (χ4v) is 3.04. The molecule has 5 nitrogen and oxygen atoms in total. The van der Waals surface area contributed by atoms with E-state index in [0.29, 0.717) is 19.4 Å². The first-order valence-corrected chi connectivity index (χ1v) is 6.10. The van der Waals surface area contributed by atoms with Gasteiger partial charge in [0.1, 0.15) is 0 Å². The quantitative estimate of drug-likeness (QED) is 0.730. The Kier molecular flexibility index (Phi) is 3.49. The van der Waals surface area contributed by atoms with Gasteiger partial charge in [-0.1, -0.05) is 0 Å². The van der Waals surface area contributed by atoms with Crippen LogP contribution in [0.3, 0.4) is 0 Å². The molecule has 2 atom stereocenters. The van der Waals surface area contributed by atoms with Crippen LogP contribution in [0.25, 0.3) is 0 Å². The molecule has 0 spiro atoms. The Morgan fingerprint density at radius 2 is 2.21 bits per heavy atom. The van der Waals surface area contributed by atoms with E-state index in [1.165, 1.54) is 6.92 Å². The second-order valence-corrected chi connectivity index (χ2v) is 5.96. The molecule has 6 heteroatoms. The van der Waals surface area contributed by atoms with Gasteiger partial charge in [0.05, 0.1) is 11.9 Å². The first-order chi connectivity index (χ1) is 6.46. The van der Waals surface area contributed by atoms with Gasteiger partial charge in [0.15, 0.2) is 15.1 Å². The van der Waals surface area contributed by atoms with Gasteiger partial charge < -0.3 is 9.84 Å². The van der Waals surface area contributed by atoms with Crippen LogP contribution in [0, 0.1) is 0 Å². The molecule has 1 saturated heterocycles. The Bertz CT molecular complexity index is 302. The zero-order valence-electron chi connectivity index (χ0n) is 7.97. The van der Waals surface area contributed by atoms with Crippen molar-refractivity contribution in [2.24, 2.45) is 0 Å². The highest BCUT2D eigenvalue weighted by Crippen LogP contribution is 2.19. The molecule has 0 aromatic carbocycles. The SMILES string of the molecule is CC(C(=O)O)S(=O)(=O)C1CCCOC1. The van der Waals surface area contributed by atoms with E-state index in [1.807, 2.05) is 0 Å². The van der Waals surface area contributed by atoms with Crippen molar-refractivity contribution in [3.05, 3.63) is 0 Å². The molecule has 1 aliphatic heterocycles. The molecular weight excluding hydrogens is 208 g/mol. The van der Waals surface area contributed by atoms with Crippen molar-refractivity contribution in [1.82, 2.24) is 0 Å². The summed E-state index contributed by atoms with van der Waals surface area (Å²) in [7, 11) is -3.59. The van der Waals surface area contributed by atoms with E-state index in [9.17, 15) is 13.2 Å². The van der Waals surface area contributed by atoms with Crippen molar-refractivity contribution >= 4 is 15.8 Å². The third-order valence-corrected chi connectivity index (χ3v) is 4.91. The largest absolute Gasteiger partial charge is 0.480 e. The molecule has 0 bridgehead atoms. The van der Waals surface area contributed by atoms with Gasteiger partial charge in [-0.05, 0) is 19.8 Å². The zero-order chi connectivity index (χ0) is 10.8. The normalized spacial score (nSPS) is 25.6. The molecule has 1 fully saturated rings. The summed E-state index contributed by atoms with van der Waals surface area (Å²) < 4.78 is 28.4. The molecule has 0 amide bonds. The lowest BCUT2D eigenvalue weighted by Crippen LogP contribution is -2.39. The summed E-state index contributed by atoms with van der Waals surface area (Å²) in [5, 5.41) is 6.64. The van der Waals surface area contributed by atoms with E-state index in [2.05, 4.69) is 0 Å². The highest BCUT2D eigenvalue weighted by Gasteiger charge is 2.36. The molecule has 0 radical (unpaired) electrons. The number of sulfone groups is 1. The van der Waals surface area contributed by atoms with Gasteiger partial charge in [-0.3, -0.25) is 4.79 Å². The summed E-state index contributed by atoms with van der Waals surface area (Å²) >= 11 is 0. The first kappa shape index (κ1) is 11.5. The molecule has 0 aliphatic carbocycles. The lowest BCUT2D eigenvalue weighted by Gasteiger charge is -2.23. The maximum atomic E-state index is 11.7. The van der Waals surface area contributed by atoms with Crippen LogP contribution in [-0.4, -0.2) is 43.2 Å². The molecule has 1 N–H and O–H groups in total. The molecule has 1 rings (SSSR count). The maximum Gasteiger partial charge on any atom is 0.321 e. The minimum atomic E-state index is -3.59. The number of aliphatic carboxylic acids is 1. The minimum absolute atomic E-state index is 0.125. The number of hydrogen-bond donors (Lipinski definition) is 1. The van der Waals surface area contributed by atoms with Crippen molar-refractivity contribution in [3.8, 4) is 0 Å². The second kappa shape index (κ2) is 4.27. The molecule has 14 heavy (non-hydrogen) atoms. The van der Waals surface area contributed by atoms with E-state index < -0.39 is 26.3 Å². The Labute approximate surface area is 83.0 Å². The fraction of sp³-hybridized carbons (Fsp3) is 0.875. The van der Waals surface area contributed by atoms with Crippen molar-refractivity contribution in [2.75, 3.05) is 13.2 Å². The van der Waals surface area contributed by atoms with Gasteiger partial charge in [0, 0.05) is 6.61 Å². The summed E-state index contributed by atoms with van der Waals surface area (Å²) in [5.41, 5.74) is 0. The van der Waals surface area contributed by atoms with E-state index in [1.54, 1.807) is 0 Å². The summed E-state index contributed by atoms with van der Waals surface area (Å²) in [6, 6.07) is 0. The average molecular weight is 222 g/mol. The highest BCUT2D eigenvalue weighted by atomic mass is 32.2. The number of hydrogen-bond acceptors (Lipinski definition) is 4. The maximum absolute atomic E-state index is 11.7. The summed E-state index contributed by atoms with van der Waals surface area (Å²) in [6.45, 7) is 1.89. The van der Waals surface area contributed by atoms with E-state index in [-0.39, 0.29) is 6.61 Å². The average Bonchev–Trinajstić information content (AvgIpc) is 2.18. The molecule has 0 aromatic heterocycles. The number of ether oxygens (including phenoxy) is 1. The summed E-state index contributed by atoms with van der Waals surface area (Å²) in [5.74, 6) is -1.30. The molecular formula is C8H14O5S. The molecule has 1 aliphatic rings. The number of carboxylic acid groups (broad SMARTS) is 1. The van der Waals surface area contributed by atoms with Crippen molar-refractivity contribution in [3.63, 3.8) is 0 Å².